The van der Waals surface area contributed by atoms with Gasteiger partial charge in [-0.25, -0.2) is 13.6 Å². The van der Waals surface area contributed by atoms with Crippen molar-refractivity contribution in [2.24, 2.45) is 5.14 Å². The van der Waals surface area contributed by atoms with E-state index in [4.69, 9.17) is 16.7 Å². The summed E-state index contributed by atoms with van der Waals surface area (Å²) in [5.41, 5.74) is 2.19. The van der Waals surface area contributed by atoms with E-state index in [1.54, 1.807) is 54.7 Å². The molecule has 0 aliphatic heterocycles. The van der Waals surface area contributed by atoms with Gasteiger partial charge in [0.15, 0.2) is 0 Å². The zero-order chi connectivity index (χ0) is 19.4. The average Bonchev–Trinajstić information content (AvgIpc) is 2.61. The number of primary sulfonamides is 1. The van der Waals surface area contributed by atoms with Crippen LogP contribution in [0.4, 0.5) is 5.69 Å². The molecule has 3 N–H and O–H groups in total. The summed E-state index contributed by atoms with van der Waals surface area (Å²) in [6, 6.07) is 16.6. The topological polar surface area (TPSA) is 102 Å². The molecule has 6 nitrogen and oxygen atoms in total. The number of nitrogens with one attached hydrogen (secondary N) is 1. The Morgan fingerprint density at radius 1 is 1.04 bits per heavy atom. The first-order valence-corrected chi connectivity index (χ1v) is 9.87. The van der Waals surface area contributed by atoms with Crippen LogP contribution in [0.1, 0.15) is 5.69 Å². The monoisotopic (exact) mass is 401 g/mol. The van der Waals surface area contributed by atoms with Crippen LogP contribution < -0.4 is 10.5 Å². The Balaban J connectivity index is 1.94. The number of carbonyl (C=O) groups is 1. The largest absolute Gasteiger partial charge is 0.326 e. The number of hydrogen-bond acceptors (Lipinski definition) is 4. The van der Waals surface area contributed by atoms with Crippen LogP contribution in [-0.4, -0.2) is 19.3 Å². The Kier molecular flexibility index (Phi) is 5.55. The van der Waals surface area contributed by atoms with Gasteiger partial charge >= 0.3 is 0 Å². The number of hydrogen-bond donors (Lipinski definition) is 2. The number of sulfonamides is 1. The van der Waals surface area contributed by atoms with Gasteiger partial charge in [0.1, 0.15) is 0 Å². The molecule has 0 spiro atoms. The molecule has 0 radical (unpaired) electrons. The van der Waals surface area contributed by atoms with Crippen LogP contribution in [-0.2, 0) is 21.2 Å². The summed E-state index contributed by atoms with van der Waals surface area (Å²) in [7, 11) is -3.96. The standard InChI is InChI=1S/C19H16ClN3O3S/c20-15-5-3-4-13(8-15)14-9-17(11-18(10-14)27(21,25)26)23-19(24)12-16-6-1-2-7-22-16/h1-11H,12H2,(H,23,24)(H2,21,25,26). The molecule has 0 fully saturated rings. The molecule has 3 aromatic rings. The molecule has 1 aromatic heterocycles. The van der Waals surface area contributed by atoms with E-state index in [0.717, 1.165) is 0 Å². The molecule has 0 atom stereocenters. The minimum absolute atomic E-state index is 0.0624. The van der Waals surface area contributed by atoms with Crippen LogP contribution in [0, 0.1) is 0 Å². The lowest BCUT2D eigenvalue weighted by Gasteiger charge is -2.11. The zero-order valence-corrected chi connectivity index (χ0v) is 15.7. The van der Waals surface area contributed by atoms with E-state index in [0.29, 0.717) is 27.5 Å². The summed E-state index contributed by atoms with van der Waals surface area (Å²) < 4.78 is 23.7. The van der Waals surface area contributed by atoms with E-state index in [9.17, 15) is 13.2 Å². The highest BCUT2D eigenvalue weighted by Gasteiger charge is 2.14. The van der Waals surface area contributed by atoms with Gasteiger partial charge in [-0.3, -0.25) is 9.78 Å². The molecule has 0 unspecified atom stereocenters. The van der Waals surface area contributed by atoms with E-state index in [-0.39, 0.29) is 17.2 Å². The van der Waals surface area contributed by atoms with Crippen LogP contribution in [0.5, 0.6) is 0 Å². The molecule has 8 heteroatoms. The molecule has 0 aliphatic rings. The molecule has 1 heterocycles. The van der Waals surface area contributed by atoms with Crippen molar-refractivity contribution in [3.8, 4) is 11.1 Å². The van der Waals surface area contributed by atoms with Crippen LogP contribution in [0.25, 0.3) is 11.1 Å². The second-order valence-electron chi connectivity index (χ2n) is 5.85. The van der Waals surface area contributed by atoms with Crippen molar-refractivity contribution < 1.29 is 13.2 Å². The lowest BCUT2D eigenvalue weighted by molar-refractivity contribution is -0.115. The van der Waals surface area contributed by atoms with Crippen LogP contribution in [0.3, 0.4) is 0 Å². The molecule has 3 rings (SSSR count). The highest BCUT2D eigenvalue weighted by Crippen LogP contribution is 2.28. The molecule has 2 aromatic carbocycles. The van der Waals surface area contributed by atoms with Gasteiger partial charge in [0.2, 0.25) is 15.9 Å². The molecule has 138 valence electrons. The molecule has 0 aliphatic carbocycles. The molecule has 0 saturated carbocycles. The Morgan fingerprint density at radius 3 is 2.52 bits per heavy atom. The first-order valence-electron chi connectivity index (χ1n) is 7.95. The summed E-state index contributed by atoms with van der Waals surface area (Å²) in [5, 5.41) is 8.48. The maximum Gasteiger partial charge on any atom is 0.238 e. The first kappa shape index (κ1) is 19.0. The number of nitrogens with zero attached hydrogens (tertiary/aromatic N) is 1. The van der Waals surface area contributed by atoms with E-state index >= 15 is 0 Å². The maximum atomic E-state index is 12.3. The third-order valence-corrected chi connectivity index (χ3v) is 4.87. The van der Waals surface area contributed by atoms with Gasteiger partial charge in [-0.2, -0.15) is 0 Å². The Bertz CT molecular complexity index is 1090. The van der Waals surface area contributed by atoms with Gasteiger partial charge < -0.3 is 5.32 Å². The minimum atomic E-state index is -3.96. The molecular formula is C19H16ClN3O3S. The zero-order valence-electron chi connectivity index (χ0n) is 14.1. The number of nitrogens with two attached hydrogens (primary N) is 1. The van der Waals surface area contributed by atoms with Crippen molar-refractivity contribution >= 4 is 33.2 Å². The van der Waals surface area contributed by atoms with Crippen molar-refractivity contribution in [1.29, 1.82) is 0 Å². The average molecular weight is 402 g/mol. The van der Waals surface area contributed by atoms with E-state index < -0.39 is 10.0 Å². The predicted octanol–water partition coefficient (Wildman–Crippen LogP) is 3.23. The highest BCUT2D eigenvalue weighted by molar-refractivity contribution is 7.89. The number of halogens is 1. The van der Waals surface area contributed by atoms with E-state index in [1.165, 1.54) is 12.1 Å². The number of carbonyl (C=O) groups excluding carboxylic acids is 1. The van der Waals surface area contributed by atoms with Gasteiger partial charge in [0, 0.05) is 22.6 Å². The second kappa shape index (κ2) is 7.87. The van der Waals surface area contributed by atoms with Crippen LogP contribution >= 0.6 is 11.6 Å². The molecular weight excluding hydrogens is 386 g/mol. The van der Waals surface area contributed by atoms with Gasteiger partial charge in [-0.15, -0.1) is 0 Å². The molecule has 1 amide bonds. The van der Waals surface area contributed by atoms with Crippen LogP contribution in [0.2, 0.25) is 5.02 Å². The Morgan fingerprint density at radius 2 is 1.85 bits per heavy atom. The minimum Gasteiger partial charge on any atom is -0.326 e. The third kappa shape index (κ3) is 5.13. The number of anilines is 1. The van der Waals surface area contributed by atoms with E-state index in [2.05, 4.69) is 10.3 Å². The van der Waals surface area contributed by atoms with Gasteiger partial charge in [0.25, 0.3) is 0 Å². The Hall–Kier alpha value is -2.74. The number of benzene rings is 2. The molecule has 27 heavy (non-hydrogen) atoms. The fourth-order valence-corrected chi connectivity index (χ4v) is 3.32. The van der Waals surface area contributed by atoms with Gasteiger partial charge in [-0.1, -0.05) is 29.8 Å². The smallest absolute Gasteiger partial charge is 0.238 e. The summed E-state index contributed by atoms with van der Waals surface area (Å²) in [5.74, 6) is -0.322. The fourth-order valence-electron chi connectivity index (χ4n) is 2.54. The normalized spacial score (nSPS) is 11.2. The van der Waals surface area contributed by atoms with Gasteiger partial charge in [-0.05, 0) is 53.6 Å². The summed E-state index contributed by atoms with van der Waals surface area (Å²) >= 11 is 6.02. The third-order valence-electron chi connectivity index (χ3n) is 3.74. The number of rotatable bonds is 5. The summed E-state index contributed by atoms with van der Waals surface area (Å²) in [4.78, 5) is 16.3. The van der Waals surface area contributed by atoms with Crippen molar-refractivity contribution in [2.45, 2.75) is 11.3 Å². The van der Waals surface area contributed by atoms with E-state index in [1.807, 2.05) is 0 Å². The number of aromatic nitrogens is 1. The summed E-state index contributed by atoms with van der Waals surface area (Å²) in [6.07, 6.45) is 1.66. The molecule has 0 bridgehead atoms. The maximum absolute atomic E-state index is 12.3. The SMILES string of the molecule is NS(=O)(=O)c1cc(NC(=O)Cc2ccccn2)cc(-c2cccc(Cl)c2)c1. The highest BCUT2D eigenvalue weighted by atomic mass is 35.5. The van der Waals surface area contributed by atoms with Crippen molar-refractivity contribution in [3.63, 3.8) is 0 Å². The quantitative estimate of drug-likeness (QED) is 0.685. The van der Waals surface area contributed by atoms with Crippen molar-refractivity contribution in [2.75, 3.05) is 5.32 Å². The van der Waals surface area contributed by atoms with Crippen LogP contribution in [0.15, 0.2) is 71.8 Å². The fraction of sp³-hybridized carbons (Fsp3) is 0.0526. The lowest BCUT2D eigenvalue weighted by Crippen LogP contribution is -2.17. The van der Waals surface area contributed by atoms with Crippen molar-refractivity contribution in [3.05, 3.63) is 77.6 Å². The predicted molar refractivity (Wildman–Crippen MR) is 105 cm³/mol. The first-order chi connectivity index (χ1) is 12.8. The number of pyridine rings is 1. The number of amides is 1. The van der Waals surface area contributed by atoms with Crippen molar-refractivity contribution in [1.82, 2.24) is 4.98 Å². The second-order valence-corrected chi connectivity index (χ2v) is 7.85. The Labute approximate surface area is 162 Å². The molecule has 0 saturated heterocycles. The lowest BCUT2D eigenvalue weighted by atomic mass is 10.1. The van der Waals surface area contributed by atoms with Gasteiger partial charge in [0.05, 0.1) is 11.3 Å². The summed E-state index contributed by atoms with van der Waals surface area (Å²) in [6.45, 7) is 0.